The van der Waals surface area contributed by atoms with Crippen LogP contribution in [0.3, 0.4) is 0 Å². The summed E-state index contributed by atoms with van der Waals surface area (Å²) in [4.78, 5) is 16.5. The molecule has 2 fully saturated rings. The summed E-state index contributed by atoms with van der Waals surface area (Å²) in [5, 5.41) is 12.4. The predicted octanol–water partition coefficient (Wildman–Crippen LogP) is 3.05. The summed E-state index contributed by atoms with van der Waals surface area (Å²) in [6.07, 6.45) is 4.31. The van der Waals surface area contributed by atoms with Gasteiger partial charge < -0.3 is 20.2 Å². The summed E-state index contributed by atoms with van der Waals surface area (Å²) >= 11 is 0. The van der Waals surface area contributed by atoms with Crippen LogP contribution in [0.2, 0.25) is 0 Å². The highest BCUT2D eigenvalue weighted by atomic mass is 19.1. The third-order valence-corrected chi connectivity index (χ3v) is 5.23. The van der Waals surface area contributed by atoms with Crippen LogP contribution in [0.25, 0.3) is 0 Å². The lowest BCUT2D eigenvalue weighted by molar-refractivity contribution is 0.152. The molecule has 0 bridgehead atoms. The quantitative estimate of drug-likeness (QED) is 0.893. The molecule has 0 radical (unpaired) electrons. The van der Waals surface area contributed by atoms with Crippen molar-refractivity contribution in [3.8, 4) is 0 Å². The number of hydrogen-bond donors (Lipinski definition) is 2. The predicted molar refractivity (Wildman–Crippen MR) is 92.8 cm³/mol. The van der Waals surface area contributed by atoms with Crippen LogP contribution in [0, 0.1) is 11.7 Å². The number of amides is 2. The number of anilines is 2. The normalized spacial score (nSPS) is 24.3. The Morgan fingerprint density at radius 1 is 1.29 bits per heavy atom. The molecule has 0 aromatic heterocycles. The topological polar surface area (TPSA) is 55.8 Å². The van der Waals surface area contributed by atoms with Crippen molar-refractivity contribution in [2.24, 2.45) is 5.92 Å². The largest absolute Gasteiger partial charge is 0.394 e. The van der Waals surface area contributed by atoms with Crippen molar-refractivity contribution in [1.82, 2.24) is 4.90 Å². The number of nitrogens with one attached hydrogen (secondary N) is 1. The van der Waals surface area contributed by atoms with Crippen LogP contribution in [0.15, 0.2) is 18.2 Å². The molecule has 0 aliphatic carbocycles. The second kappa shape index (κ2) is 7.38. The zero-order valence-electron chi connectivity index (χ0n) is 14.2. The van der Waals surface area contributed by atoms with Gasteiger partial charge in [0.2, 0.25) is 0 Å². The number of benzene rings is 1. The average molecular weight is 335 g/mol. The van der Waals surface area contributed by atoms with Crippen LogP contribution < -0.4 is 10.2 Å². The van der Waals surface area contributed by atoms with Gasteiger partial charge in [0.25, 0.3) is 0 Å². The molecule has 132 valence electrons. The molecule has 2 atom stereocenters. The minimum atomic E-state index is -0.362. The Bertz CT molecular complexity index is 590. The van der Waals surface area contributed by atoms with Gasteiger partial charge in [-0.15, -0.1) is 0 Å². The van der Waals surface area contributed by atoms with Crippen molar-refractivity contribution in [2.45, 2.75) is 38.6 Å². The Morgan fingerprint density at radius 3 is 2.75 bits per heavy atom. The van der Waals surface area contributed by atoms with Crippen LogP contribution in [-0.4, -0.2) is 48.3 Å². The van der Waals surface area contributed by atoms with Gasteiger partial charge in [-0.3, -0.25) is 0 Å². The molecule has 6 heteroatoms. The Labute approximate surface area is 142 Å². The average Bonchev–Trinajstić information content (AvgIpc) is 2.96. The fourth-order valence-corrected chi connectivity index (χ4v) is 3.74. The van der Waals surface area contributed by atoms with Crippen LogP contribution >= 0.6 is 0 Å². The number of piperidine rings is 1. The van der Waals surface area contributed by atoms with Gasteiger partial charge in [0.1, 0.15) is 5.82 Å². The van der Waals surface area contributed by atoms with E-state index >= 15 is 0 Å². The summed E-state index contributed by atoms with van der Waals surface area (Å²) in [7, 11) is 0. The lowest BCUT2D eigenvalue weighted by Crippen LogP contribution is -2.42. The van der Waals surface area contributed by atoms with Gasteiger partial charge in [0.15, 0.2) is 0 Å². The third-order valence-electron chi connectivity index (χ3n) is 5.23. The number of aliphatic hydroxyl groups is 1. The molecule has 2 N–H and O–H groups in total. The molecule has 5 nitrogen and oxygen atoms in total. The van der Waals surface area contributed by atoms with Gasteiger partial charge in [-0.1, -0.05) is 6.92 Å². The first kappa shape index (κ1) is 17.0. The van der Waals surface area contributed by atoms with Crippen molar-refractivity contribution in [1.29, 1.82) is 0 Å². The van der Waals surface area contributed by atoms with Gasteiger partial charge in [-0.25, -0.2) is 9.18 Å². The highest BCUT2D eigenvalue weighted by Crippen LogP contribution is 2.31. The third kappa shape index (κ3) is 3.48. The van der Waals surface area contributed by atoms with Gasteiger partial charge in [-0.05, 0) is 49.8 Å². The number of hydrogen-bond acceptors (Lipinski definition) is 3. The van der Waals surface area contributed by atoms with Crippen LogP contribution in [0.4, 0.5) is 20.6 Å². The van der Waals surface area contributed by atoms with E-state index in [1.54, 1.807) is 11.0 Å². The van der Waals surface area contributed by atoms with Crippen LogP contribution in [0.1, 0.15) is 32.6 Å². The highest BCUT2D eigenvalue weighted by molar-refractivity contribution is 5.93. The van der Waals surface area contributed by atoms with E-state index in [9.17, 15) is 14.3 Å². The first-order chi connectivity index (χ1) is 11.6. The van der Waals surface area contributed by atoms with E-state index in [2.05, 4.69) is 10.2 Å². The molecule has 24 heavy (non-hydrogen) atoms. The summed E-state index contributed by atoms with van der Waals surface area (Å²) in [6, 6.07) is 4.13. The van der Waals surface area contributed by atoms with E-state index < -0.39 is 0 Å². The number of rotatable bonds is 3. The maximum Gasteiger partial charge on any atom is 0.322 e. The molecular weight excluding hydrogens is 309 g/mol. The van der Waals surface area contributed by atoms with Crippen molar-refractivity contribution in [3.05, 3.63) is 24.0 Å². The molecule has 0 unspecified atom stereocenters. The number of likely N-dealkylation sites (tertiary alicyclic amines) is 1. The molecule has 0 spiro atoms. The van der Waals surface area contributed by atoms with Crippen molar-refractivity contribution < 1.29 is 14.3 Å². The van der Waals surface area contributed by atoms with E-state index in [1.165, 1.54) is 18.6 Å². The lowest BCUT2D eigenvalue weighted by atomic mass is 10.0. The van der Waals surface area contributed by atoms with Crippen molar-refractivity contribution >= 4 is 17.4 Å². The fourth-order valence-electron chi connectivity index (χ4n) is 3.74. The molecule has 2 aliphatic rings. The highest BCUT2D eigenvalue weighted by Gasteiger charge is 2.34. The minimum absolute atomic E-state index is 0.0449. The Kier molecular flexibility index (Phi) is 5.23. The van der Waals surface area contributed by atoms with E-state index in [0.717, 1.165) is 38.0 Å². The molecule has 2 heterocycles. The number of nitrogens with zero attached hydrogens (tertiary/aromatic N) is 2. The zero-order valence-corrected chi connectivity index (χ0v) is 14.2. The standard InChI is InChI=1S/C18H26FN3O2/c1-13-7-10-22(17(13)12-23)18(24)20-15-11-14(19)5-6-16(15)21-8-3-2-4-9-21/h5-6,11,13,17,23H,2-4,7-10,12H2,1H3,(H,20,24)/t13-,17+/m1/s1. The van der Waals surface area contributed by atoms with Crippen LogP contribution in [-0.2, 0) is 0 Å². The SMILES string of the molecule is C[C@@H]1CCN(C(=O)Nc2cc(F)ccc2N2CCCCC2)[C@H]1CO. The van der Waals surface area contributed by atoms with Crippen molar-refractivity contribution in [3.63, 3.8) is 0 Å². The van der Waals surface area contributed by atoms with E-state index in [0.29, 0.717) is 12.2 Å². The first-order valence-corrected chi connectivity index (χ1v) is 8.83. The number of halogens is 1. The molecule has 2 amide bonds. The second-order valence-corrected chi connectivity index (χ2v) is 6.85. The second-order valence-electron chi connectivity index (χ2n) is 6.85. The molecular formula is C18H26FN3O2. The smallest absolute Gasteiger partial charge is 0.322 e. The lowest BCUT2D eigenvalue weighted by Gasteiger charge is -2.31. The number of urea groups is 1. The Hall–Kier alpha value is -1.82. The fraction of sp³-hybridized carbons (Fsp3) is 0.611. The first-order valence-electron chi connectivity index (χ1n) is 8.83. The number of carbonyl (C=O) groups excluding carboxylic acids is 1. The van der Waals surface area contributed by atoms with Gasteiger partial charge in [0, 0.05) is 19.6 Å². The Morgan fingerprint density at radius 2 is 2.04 bits per heavy atom. The maximum absolute atomic E-state index is 13.7. The molecule has 3 rings (SSSR count). The zero-order chi connectivity index (χ0) is 17.1. The summed E-state index contributed by atoms with van der Waals surface area (Å²) < 4.78 is 13.7. The number of carbonyl (C=O) groups is 1. The van der Waals surface area contributed by atoms with E-state index in [-0.39, 0.29) is 30.4 Å². The summed E-state index contributed by atoms with van der Waals surface area (Å²) in [6.45, 7) is 4.46. The maximum atomic E-state index is 13.7. The van der Waals surface area contributed by atoms with Crippen molar-refractivity contribution in [2.75, 3.05) is 36.5 Å². The van der Waals surface area contributed by atoms with Gasteiger partial charge >= 0.3 is 6.03 Å². The molecule has 0 saturated carbocycles. The Balaban J connectivity index is 1.78. The monoisotopic (exact) mass is 335 g/mol. The number of aliphatic hydroxyl groups excluding tert-OH is 1. The molecule has 2 saturated heterocycles. The van der Waals surface area contributed by atoms with Gasteiger partial charge in [-0.2, -0.15) is 0 Å². The molecule has 2 aliphatic heterocycles. The van der Waals surface area contributed by atoms with E-state index in [1.807, 2.05) is 6.92 Å². The molecule has 1 aromatic carbocycles. The summed E-state index contributed by atoms with van der Waals surface area (Å²) in [5.41, 5.74) is 1.38. The van der Waals surface area contributed by atoms with Crippen LogP contribution in [0.5, 0.6) is 0 Å². The van der Waals surface area contributed by atoms with Gasteiger partial charge in [0.05, 0.1) is 24.0 Å². The minimum Gasteiger partial charge on any atom is -0.394 e. The summed E-state index contributed by atoms with van der Waals surface area (Å²) in [5.74, 6) is -0.0885. The molecule has 1 aromatic rings. The van der Waals surface area contributed by atoms with E-state index in [4.69, 9.17) is 0 Å².